The van der Waals surface area contributed by atoms with Crippen molar-refractivity contribution >= 4 is 21.6 Å². The van der Waals surface area contributed by atoms with Crippen LogP contribution in [-0.4, -0.2) is 36.5 Å². The van der Waals surface area contributed by atoms with Gasteiger partial charge in [-0.25, -0.2) is 12.7 Å². The van der Waals surface area contributed by atoms with Crippen LogP contribution in [0, 0.1) is 6.92 Å². The predicted molar refractivity (Wildman–Crippen MR) is 72.2 cm³/mol. The van der Waals surface area contributed by atoms with E-state index in [1.54, 1.807) is 14.0 Å². The Hall–Kier alpha value is -0.590. The van der Waals surface area contributed by atoms with Gasteiger partial charge in [0.15, 0.2) is 0 Å². The Morgan fingerprint density at radius 1 is 1.39 bits per heavy atom. The lowest BCUT2D eigenvalue weighted by atomic mass is 10.2. The Bertz CT molecular complexity index is 484. The number of hydrogen-bond acceptors (Lipinski definition) is 3. The summed E-state index contributed by atoms with van der Waals surface area (Å²) in [5, 5.41) is 6.59. The average Bonchev–Trinajstić information content (AvgIpc) is 2.71. The van der Waals surface area contributed by atoms with Gasteiger partial charge >= 0.3 is 0 Å². The van der Waals surface area contributed by atoms with Crippen LogP contribution in [0.4, 0.5) is 0 Å². The summed E-state index contributed by atoms with van der Waals surface area (Å²) in [6.45, 7) is 4.29. The Morgan fingerprint density at radius 2 is 2.06 bits per heavy atom. The highest BCUT2D eigenvalue weighted by molar-refractivity contribution is 7.89. The van der Waals surface area contributed by atoms with Crippen LogP contribution in [-0.2, 0) is 15.9 Å². The highest BCUT2D eigenvalue weighted by atomic mass is 35.5. The van der Waals surface area contributed by atoms with Crippen molar-refractivity contribution in [3.63, 3.8) is 0 Å². The number of sulfonamides is 1. The van der Waals surface area contributed by atoms with Gasteiger partial charge in [0.2, 0.25) is 10.0 Å². The van der Waals surface area contributed by atoms with E-state index in [9.17, 15) is 8.42 Å². The lowest BCUT2D eigenvalue weighted by Crippen LogP contribution is -2.28. The van der Waals surface area contributed by atoms with Crippen LogP contribution in [0.15, 0.2) is 4.90 Å². The molecule has 0 unspecified atom stereocenters. The molecule has 0 radical (unpaired) electrons. The van der Waals surface area contributed by atoms with Crippen LogP contribution in [0.3, 0.4) is 0 Å². The van der Waals surface area contributed by atoms with E-state index in [2.05, 4.69) is 17.1 Å². The molecule has 1 aromatic heterocycles. The minimum Gasteiger partial charge on any atom is -0.281 e. The normalized spacial score (nSPS) is 12.3. The van der Waals surface area contributed by atoms with Crippen molar-refractivity contribution in [1.29, 1.82) is 0 Å². The Balaban J connectivity index is 2.94. The number of unbranched alkanes of at least 4 members (excludes halogenated alkanes) is 2. The van der Waals surface area contributed by atoms with Gasteiger partial charge in [0.1, 0.15) is 4.90 Å². The molecule has 18 heavy (non-hydrogen) atoms. The second-order valence-electron chi connectivity index (χ2n) is 4.29. The van der Waals surface area contributed by atoms with Gasteiger partial charge in [-0.15, -0.1) is 11.6 Å². The Kier molecular flexibility index (Phi) is 5.62. The van der Waals surface area contributed by atoms with Gasteiger partial charge in [0.05, 0.1) is 17.3 Å². The number of aromatic nitrogens is 2. The first-order chi connectivity index (χ1) is 8.45. The molecule has 0 amide bonds. The molecule has 0 bridgehead atoms. The summed E-state index contributed by atoms with van der Waals surface area (Å²) in [7, 11) is -1.90. The van der Waals surface area contributed by atoms with Crippen LogP contribution in [0.5, 0.6) is 0 Å². The SMILES string of the molecule is CCCCCN(C)S(=O)(=O)c1c(CCl)n[nH]c1C. The molecule has 0 aliphatic heterocycles. The predicted octanol–water partition coefficient (Wildman–Crippen LogP) is 2.27. The smallest absolute Gasteiger partial charge is 0.246 e. The molecule has 1 N–H and O–H groups in total. The minimum absolute atomic E-state index is 0.0850. The molecule has 0 spiro atoms. The summed E-state index contributed by atoms with van der Waals surface area (Å²) in [5.41, 5.74) is 0.921. The summed E-state index contributed by atoms with van der Waals surface area (Å²) in [6, 6.07) is 0. The topological polar surface area (TPSA) is 66.1 Å². The molecule has 104 valence electrons. The molecule has 0 aliphatic rings. The Labute approximate surface area is 114 Å². The molecule has 0 aromatic carbocycles. The van der Waals surface area contributed by atoms with Crippen LogP contribution in [0.2, 0.25) is 0 Å². The summed E-state index contributed by atoms with van der Waals surface area (Å²) in [6.07, 6.45) is 2.94. The van der Waals surface area contributed by atoms with Gasteiger partial charge in [-0.2, -0.15) is 5.10 Å². The summed E-state index contributed by atoms with van der Waals surface area (Å²) >= 11 is 5.72. The summed E-state index contributed by atoms with van der Waals surface area (Å²) < 4.78 is 26.2. The van der Waals surface area contributed by atoms with Crippen LogP contribution >= 0.6 is 11.6 Å². The largest absolute Gasteiger partial charge is 0.281 e. The number of alkyl halides is 1. The standard InChI is InChI=1S/C11H20ClN3O2S/c1-4-5-6-7-15(3)18(16,17)11-9(2)13-14-10(11)8-12/h4-8H2,1-3H3,(H,13,14). The van der Waals surface area contributed by atoms with Gasteiger partial charge in [-0.1, -0.05) is 19.8 Å². The van der Waals surface area contributed by atoms with Gasteiger partial charge in [0, 0.05) is 13.6 Å². The lowest BCUT2D eigenvalue weighted by molar-refractivity contribution is 0.453. The van der Waals surface area contributed by atoms with Crippen LogP contribution < -0.4 is 0 Å². The van der Waals surface area contributed by atoms with Gasteiger partial charge < -0.3 is 0 Å². The minimum atomic E-state index is -3.49. The quantitative estimate of drug-likeness (QED) is 0.619. The van der Waals surface area contributed by atoms with Crippen molar-refractivity contribution in [2.45, 2.75) is 43.9 Å². The molecule has 0 saturated heterocycles. The number of rotatable bonds is 7. The zero-order valence-electron chi connectivity index (χ0n) is 11.0. The number of halogens is 1. The van der Waals surface area contributed by atoms with Gasteiger partial charge in [-0.3, -0.25) is 5.10 Å². The van der Waals surface area contributed by atoms with E-state index in [1.165, 1.54) is 4.31 Å². The fourth-order valence-corrected chi connectivity index (χ4v) is 3.56. The fraction of sp³-hybridized carbons (Fsp3) is 0.727. The molecule has 0 saturated carbocycles. The number of hydrogen-bond donors (Lipinski definition) is 1. The third-order valence-electron chi connectivity index (χ3n) is 2.83. The van der Waals surface area contributed by atoms with Crippen molar-refractivity contribution in [1.82, 2.24) is 14.5 Å². The van der Waals surface area contributed by atoms with Gasteiger partial charge in [0.25, 0.3) is 0 Å². The van der Waals surface area contributed by atoms with Crippen molar-refractivity contribution < 1.29 is 8.42 Å². The first kappa shape index (κ1) is 15.5. The van der Waals surface area contributed by atoms with Crippen LogP contribution in [0.25, 0.3) is 0 Å². The maximum absolute atomic E-state index is 12.4. The maximum atomic E-state index is 12.4. The third kappa shape index (κ3) is 3.24. The molecule has 0 aliphatic carbocycles. The second kappa shape index (κ2) is 6.54. The van der Waals surface area contributed by atoms with Crippen molar-refractivity contribution in [2.24, 2.45) is 0 Å². The fourth-order valence-electron chi connectivity index (χ4n) is 1.76. The molecule has 1 rings (SSSR count). The van der Waals surface area contributed by atoms with E-state index in [0.29, 0.717) is 17.9 Å². The second-order valence-corrected chi connectivity index (χ2v) is 6.54. The van der Waals surface area contributed by atoms with E-state index < -0.39 is 10.0 Å². The lowest BCUT2D eigenvalue weighted by Gasteiger charge is -2.17. The molecular weight excluding hydrogens is 274 g/mol. The average molecular weight is 294 g/mol. The summed E-state index contributed by atoms with van der Waals surface area (Å²) in [5.74, 6) is 0.0850. The maximum Gasteiger partial charge on any atom is 0.246 e. The monoisotopic (exact) mass is 293 g/mol. The van der Waals surface area contributed by atoms with E-state index in [1.807, 2.05) is 0 Å². The first-order valence-corrected chi connectivity index (χ1v) is 7.98. The molecule has 0 atom stereocenters. The highest BCUT2D eigenvalue weighted by Gasteiger charge is 2.27. The highest BCUT2D eigenvalue weighted by Crippen LogP contribution is 2.22. The molecule has 5 nitrogen and oxygen atoms in total. The van der Waals surface area contributed by atoms with E-state index in [4.69, 9.17) is 11.6 Å². The van der Waals surface area contributed by atoms with E-state index in [-0.39, 0.29) is 10.8 Å². The molecule has 0 fully saturated rings. The zero-order chi connectivity index (χ0) is 13.8. The molecular formula is C11H20ClN3O2S. The number of H-pyrrole nitrogens is 1. The molecule has 1 heterocycles. The molecule has 1 aromatic rings. The number of aromatic amines is 1. The van der Waals surface area contributed by atoms with E-state index in [0.717, 1.165) is 19.3 Å². The zero-order valence-corrected chi connectivity index (χ0v) is 12.6. The van der Waals surface area contributed by atoms with Gasteiger partial charge in [-0.05, 0) is 13.3 Å². The summed E-state index contributed by atoms with van der Waals surface area (Å²) in [4.78, 5) is 0.219. The number of nitrogens with zero attached hydrogens (tertiary/aromatic N) is 2. The van der Waals surface area contributed by atoms with Crippen molar-refractivity contribution in [3.8, 4) is 0 Å². The van der Waals surface area contributed by atoms with Crippen LogP contribution in [0.1, 0.15) is 37.6 Å². The third-order valence-corrected chi connectivity index (χ3v) is 5.15. The number of nitrogens with one attached hydrogen (secondary N) is 1. The first-order valence-electron chi connectivity index (χ1n) is 6.01. The van der Waals surface area contributed by atoms with E-state index >= 15 is 0 Å². The molecule has 7 heteroatoms. The van der Waals surface area contributed by atoms with Crippen molar-refractivity contribution in [3.05, 3.63) is 11.4 Å². The van der Waals surface area contributed by atoms with Crippen molar-refractivity contribution in [2.75, 3.05) is 13.6 Å². The Morgan fingerprint density at radius 3 is 2.61 bits per heavy atom. The number of aryl methyl sites for hydroxylation is 1.